The van der Waals surface area contributed by atoms with Gasteiger partial charge < -0.3 is 4.90 Å². The van der Waals surface area contributed by atoms with Crippen molar-refractivity contribution in [3.63, 3.8) is 0 Å². The van der Waals surface area contributed by atoms with E-state index in [1.165, 1.54) is 10.6 Å². The third-order valence-electron chi connectivity index (χ3n) is 5.30. The summed E-state index contributed by atoms with van der Waals surface area (Å²) in [5.41, 5.74) is 2.53. The van der Waals surface area contributed by atoms with Crippen LogP contribution in [0, 0.1) is 0 Å². The molecule has 4 aromatic rings. The highest BCUT2D eigenvalue weighted by Crippen LogP contribution is 2.31. The van der Waals surface area contributed by atoms with Gasteiger partial charge in [-0.25, -0.2) is 18.4 Å². The average Bonchev–Trinajstić information content (AvgIpc) is 3.33. The minimum atomic E-state index is -3.19. The summed E-state index contributed by atoms with van der Waals surface area (Å²) in [6, 6.07) is 5.87. The molecule has 1 fully saturated rings. The second-order valence-electron chi connectivity index (χ2n) is 7.16. The number of nitrogens with zero attached hydrogens (tertiary/aromatic N) is 7. The molecule has 10 nitrogen and oxygen atoms in total. The van der Waals surface area contributed by atoms with Gasteiger partial charge in [0, 0.05) is 44.2 Å². The van der Waals surface area contributed by atoms with Crippen molar-refractivity contribution in [2.45, 2.75) is 0 Å². The second-order valence-corrected chi connectivity index (χ2v) is 9.14. The van der Waals surface area contributed by atoms with Crippen molar-refractivity contribution in [2.24, 2.45) is 7.05 Å². The lowest BCUT2D eigenvalue weighted by Crippen LogP contribution is -2.48. The third-order valence-corrected chi connectivity index (χ3v) is 6.61. The second kappa shape index (κ2) is 6.49. The van der Waals surface area contributed by atoms with E-state index in [1.54, 1.807) is 17.1 Å². The summed E-state index contributed by atoms with van der Waals surface area (Å²) >= 11 is 0. The number of hydrogen-bond acceptors (Lipinski definition) is 7. The van der Waals surface area contributed by atoms with Crippen molar-refractivity contribution in [1.82, 2.24) is 34.3 Å². The van der Waals surface area contributed by atoms with E-state index in [4.69, 9.17) is 9.97 Å². The highest BCUT2D eigenvalue weighted by molar-refractivity contribution is 7.88. The number of piperazine rings is 1. The van der Waals surface area contributed by atoms with Gasteiger partial charge in [0.25, 0.3) is 0 Å². The number of rotatable bonds is 3. The zero-order valence-corrected chi connectivity index (χ0v) is 16.9. The molecule has 0 atom stereocenters. The Morgan fingerprint density at radius 1 is 1.03 bits per heavy atom. The predicted molar refractivity (Wildman–Crippen MR) is 110 cm³/mol. The van der Waals surface area contributed by atoms with Crippen molar-refractivity contribution in [1.29, 1.82) is 0 Å². The van der Waals surface area contributed by atoms with E-state index in [0.29, 0.717) is 32.0 Å². The van der Waals surface area contributed by atoms with Crippen LogP contribution in [0.25, 0.3) is 33.3 Å². The van der Waals surface area contributed by atoms with Gasteiger partial charge in [-0.05, 0) is 6.07 Å². The van der Waals surface area contributed by atoms with E-state index in [9.17, 15) is 8.42 Å². The van der Waals surface area contributed by atoms with Crippen molar-refractivity contribution >= 4 is 37.8 Å². The summed E-state index contributed by atoms with van der Waals surface area (Å²) in [7, 11) is -1.34. The van der Waals surface area contributed by atoms with Crippen LogP contribution in [0.1, 0.15) is 0 Å². The van der Waals surface area contributed by atoms with Crippen LogP contribution in [-0.4, -0.2) is 75.1 Å². The lowest BCUT2D eigenvalue weighted by Gasteiger charge is -2.34. The van der Waals surface area contributed by atoms with Crippen molar-refractivity contribution in [2.75, 3.05) is 37.3 Å². The lowest BCUT2D eigenvalue weighted by molar-refractivity contribution is 0.387. The molecule has 5 rings (SSSR count). The fourth-order valence-electron chi connectivity index (χ4n) is 3.76. The Morgan fingerprint density at radius 2 is 1.83 bits per heavy atom. The highest BCUT2D eigenvalue weighted by atomic mass is 32.2. The molecule has 150 valence electrons. The molecule has 0 spiro atoms. The number of aromatic nitrogens is 6. The standard InChI is InChI=1S/C18H20N8O2S/c1-24-17-14(11-20-24)18(25-6-8-26(9-7-25)29(2,27)28)22-16(21-17)12-4-3-5-15-13(12)10-19-23-15/h3-5,10-11H,6-9H2,1-2H3,(H,19,23). The topological polar surface area (TPSA) is 113 Å². The molecule has 1 N–H and O–H groups in total. The number of sulfonamides is 1. The summed E-state index contributed by atoms with van der Waals surface area (Å²) in [4.78, 5) is 11.7. The monoisotopic (exact) mass is 412 g/mol. The van der Waals surface area contributed by atoms with Crippen LogP contribution in [0.15, 0.2) is 30.6 Å². The largest absolute Gasteiger partial charge is 0.353 e. The van der Waals surface area contributed by atoms with Crippen molar-refractivity contribution in [3.05, 3.63) is 30.6 Å². The van der Waals surface area contributed by atoms with Gasteiger partial charge in [-0.2, -0.15) is 14.5 Å². The first-order valence-corrected chi connectivity index (χ1v) is 11.1. The fourth-order valence-corrected chi connectivity index (χ4v) is 4.59. The van der Waals surface area contributed by atoms with Crippen LogP contribution < -0.4 is 4.90 Å². The van der Waals surface area contributed by atoms with E-state index in [2.05, 4.69) is 20.2 Å². The fraction of sp³-hybridized carbons (Fsp3) is 0.333. The Labute approximate surface area is 167 Å². The van der Waals surface area contributed by atoms with Crippen molar-refractivity contribution < 1.29 is 8.42 Å². The van der Waals surface area contributed by atoms with Gasteiger partial charge in [0.2, 0.25) is 10.0 Å². The summed E-state index contributed by atoms with van der Waals surface area (Å²) in [6.45, 7) is 1.97. The molecular formula is C18H20N8O2S. The minimum absolute atomic E-state index is 0.428. The first-order valence-electron chi connectivity index (χ1n) is 9.24. The minimum Gasteiger partial charge on any atom is -0.353 e. The zero-order chi connectivity index (χ0) is 20.2. The first kappa shape index (κ1) is 18.0. The van der Waals surface area contributed by atoms with Crippen molar-refractivity contribution in [3.8, 4) is 11.4 Å². The molecule has 29 heavy (non-hydrogen) atoms. The highest BCUT2D eigenvalue weighted by Gasteiger charge is 2.26. The summed E-state index contributed by atoms with van der Waals surface area (Å²) in [5.74, 6) is 1.36. The number of anilines is 1. The van der Waals surface area contributed by atoms with Crippen LogP contribution in [0.4, 0.5) is 5.82 Å². The molecule has 0 saturated carbocycles. The normalized spacial score (nSPS) is 16.1. The lowest BCUT2D eigenvalue weighted by atomic mass is 10.1. The van der Waals surface area contributed by atoms with Crippen LogP contribution >= 0.6 is 0 Å². The molecule has 0 aliphatic carbocycles. The van der Waals surface area contributed by atoms with Gasteiger partial charge in [-0.1, -0.05) is 12.1 Å². The quantitative estimate of drug-likeness (QED) is 0.534. The zero-order valence-electron chi connectivity index (χ0n) is 16.1. The molecule has 0 radical (unpaired) electrons. The summed E-state index contributed by atoms with van der Waals surface area (Å²) < 4.78 is 26.9. The molecule has 1 aliphatic heterocycles. The summed E-state index contributed by atoms with van der Waals surface area (Å²) in [6.07, 6.45) is 4.78. The smallest absolute Gasteiger partial charge is 0.211 e. The van der Waals surface area contributed by atoms with Crippen LogP contribution in [-0.2, 0) is 17.1 Å². The van der Waals surface area contributed by atoms with Crippen LogP contribution in [0.2, 0.25) is 0 Å². The van der Waals surface area contributed by atoms with E-state index in [0.717, 1.165) is 33.3 Å². The first-order chi connectivity index (χ1) is 13.9. The van der Waals surface area contributed by atoms with E-state index in [-0.39, 0.29) is 0 Å². The molecule has 0 unspecified atom stereocenters. The maximum atomic E-state index is 11.8. The Kier molecular flexibility index (Phi) is 4.03. The SMILES string of the molecule is Cn1ncc2c(N3CCN(S(C)(=O)=O)CC3)nc(-c3cccc4[nH]ncc34)nc21. The number of fused-ring (bicyclic) bond motifs is 2. The molecule has 11 heteroatoms. The van der Waals surface area contributed by atoms with E-state index < -0.39 is 10.0 Å². The maximum Gasteiger partial charge on any atom is 0.211 e. The molecule has 1 aliphatic rings. The van der Waals surface area contributed by atoms with E-state index in [1.807, 2.05) is 25.2 Å². The van der Waals surface area contributed by atoms with Gasteiger partial charge >= 0.3 is 0 Å². The van der Waals surface area contributed by atoms with Crippen LogP contribution in [0.5, 0.6) is 0 Å². The molecule has 0 amide bonds. The Hall–Kier alpha value is -3.05. The number of H-pyrrole nitrogens is 1. The molecule has 1 saturated heterocycles. The molecular weight excluding hydrogens is 392 g/mol. The number of aromatic amines is 1. The van der Waals surface area contributed by atoms with Gasteiger partial charge in [0.15, 0.2) is 11.5 Å². The molecule has 1 aromatic carbocycles. The van der Waals surface area contributed by atoms with Crippen LogP contribution in [0.3, 0.4) is 0 Å². The van der Waals surface area contributed by atoms with Gasteiger partial charge in [0.05, 0.1) is 29.6 Å². The van der Waals surface area contributed by atoms with Gasteiger partial charge in [0.1, 0.15) is 5.82 Å². The van der Waals surface area contributed by atoms with E-state index >= 15 is 0 Å². The average molecular weight is 412 g/mol. The number of benzene rings is 1. The van der Waals surface area contributed by atoms with Gasteiger partial charge in [-0.3, -0.25) is 9.78 Å². The number of aryl methyl sites for hydroxylation is 1. The Bertz CT molecular complexity index is 1320. The summed E-state index contributed by atoms with van der Waals surface area (Å²) in [5, 5.41) is 13.3. The Morgan fingerprint density at radius 3 is 2.59 bits per heavy atom. The molecule has 4 heterocycles. The molecule has 0 bridgehead atoms. The predicted octanol–water partition coefficient (Wildman–Crippen LogP) is 0.988. The van der Waals surface area contributed by atoms with Gasteiger partial charge in [-0.15, -0.1) is 0 Å². The molecule has 3 aromatic heterocycles. The third kappa shape index (κ3) is 3.02. The Balaban J connectivity index is 1.62. The number of hydrogen-bond donors (Lipinski definition) is 1. The number of nitrogens with one attached hydrogen (secondary N) is 1. The maximum absolute atomic E-state index is 11.8.